The van der Waals surface area contributed by atoms with Crippen LogP contribution in [0.25, 0.3) is 0 Å². The zero-order valence-electron chi connectivity index (χ0n) is 9.24. The van der Waals surface area contributed by atoms with Crippen LogP contribution in [0, 0.1) is 0 Å². The Morgan fingerprint density at radius 3 is 3.07 bits per heavy atom. The summed E-state index contributed by atoms with van der Waals surface area (Å²) in [5.41, 5.74) is 2.75. The molecule has 15 heavy (non-hydrogen) atoms. The molecular weight excluding hydrogens is 184 g/mol. The first-order valence-electron chi connectivity index (χ1n) is 5.63. The molecule has 1 aromatic rings. The standard InChI is InChI=1S/C13H18N2/c1-2-9-14-11-15-10-5-7-12-6-3-4-8-13(12)15/h3-6,8,10,14H,2,7,9,11H2,1H3. The summed E-state index contributed by atoms with van der Waals surface area (Å²) in [6.07, 6.45) is 6.63. The summed E-state index contributed by atoms with van der Waals surface area (Å²) in [6.45, 7) is 4.17. The van der Waals surface area contributed by atoms with Gasteiger partial charge in [-0.05, 0) is 31.0 Å². The normalized spacial score (nSPS) is 14.1. The first kappa shape index (κ1) is 10.2. The molecule has 0 bridgehead atoms. The van der Waals surface area contributed by atoms with E-state index in [9.17, 15) is 0 Å². The molecule has 2 nitrogen and oxygen atoms in total. The highest BCUT2D eigenvalue weighted by Gasteiger charge is 2.10. The molecule has 0 aliphatic carbocycles. The van der Waals surface area contributed by atoms with Crippen LogP contribution in [0.2, 0.25) is 0 Å². The molecule has 0 amide bonds. The van der Waals surface area contributed by atoms with Crippen molar-refractivity contribution in [1.29, 1.82) is 0 Å². The minimum absolute atomic E-state index is 0.904. The van der Waals surface area contributed by atoms with E-state index < -0.39 is 0 Å². The molecule has 0 saturated heterocycles. The van der Waals surface area contributed by atoms with Gasteiger partial charge < -0.3 is 4.90 Å². The van der Waals surface area contributed by atoms with E-state index in [1.54, 1.807) is 0 Å². The molecule has 1 aliphatic heterocycles. The van der Waals surface area contributed by atoms with Crippen LogP contribution in [0.15, 0.2) is 36.5 Å². The maximum absolute atomic E-state index is 3.42. The number of hydrogen-bond donors (Lipinski definition) is 1. The molecule has 1 heterocycles. The Hall–Kier alpha value is -1.28. The molecule has 0 saturated carbocycles. The van der Waals surface area contributed by atoms with E-state index in [1.165, 1.54) is 17.7 Å². The van der Waals surface area contributed by atoms with Crippen molar-refractivity contribution >= 4 is 5.69 Å². The van der Waals surface area contributed by atoms with Crippen LogP contribution in [0.3, 0.4) is 0 Å². The first-order chi connectivity index (χ1) is 7.42. The molecule has 1 aliphatic rings. The van der Waals surface area contributed by atoms with E-state index in [0.29, 0.717) is 0 Å². The smallest absolute Gasteiger partial charge is 0.0725 e. The van der Waals surface area contributed by atoms with Crippen molar-refractivity contribution in [2.45, 2.75) is 19.8 Å². The number of fused-ring (bicyclic) bond motifs is 1. The van der Waals surface area contributed by atoms with Gasteiger partial charge in [0.2, 0.25) is 0 Å². The Bertz CT molecular complexity index is 344. The molecule has 1 N–H and O–H groups in total. The largest absolute Gasteiger partial charge is 0.335 e. The van der Waals surface area contributed by atoms with Crippen molar-refractivity contribution in [3.05, 3.63) is 42.1 Å². The second kappa shape index (κ2) is 4.99. The predicted molar refractivity (Wildman–Crippen MR) is 64.9 cm³/mol. The molecule has 0 atom stereocenters. The number of nitrogens with zero attached hydrogens (tertiary/aromatic N) is 1. The summed E-state index contributed by atoms with van der Waals surface area (Å²) in [4.78, 5) is 2.27. The third-order valence-corrected chi connectivity index (χ3v) is 2.63. The zero-order chi connectivity index (χ0) is 10.5. The molecule has 80 valence electrons. The number of nitrogens with one attached hydrogen (secondary N) is 1. The molecule has 1 aromatic carbocycles. The molecule has 0 fully saturated rings. The lowest BCUT2D eigenvalue weighted by atomic mass is 10.1. The average Bonchev–Trinajstić information content (AvgIpc) is 2.30. The molecule has 0 radical (unpaired) electrons. The lowest BCUT2D eigenvalue weighted by Crippen LogP contribution is -2.32. The fourth-order valence-corrected chi connectivity index (χ4v) is 1.87. The van der Waals surface area contributed by atoms with E-state index in [4.69, 9.17) is 0 Å². The summed E-state index contributed by atoms with van der Waals surface area (Å²) in [5.74, 6) is 0. The third-order valence-electron chi connectivity index (χ3n) is 2.63. The monoisotopic (exact) mass is 202 g/mol. The number of benzene rings is 1. The first-order valence-corrected chi connectivity index (χ1v) is 5.63. The van der Waals surface area contributed by atoms with Crippen molar-refractivity contribution in [2.24, 2.45) is 0 Å². The second-order valence-electron chi connectivity index (χ2n) is 3.85. The third kappa shape index (κ3) is 2.39. The van der Waals surface area contributed by atoms with Gasteiger partial charge in [-0.2, -0.15) is 0 Å². The van der Waals surface area contributed by atoms with Gasteiger partial charge in [-0.1, -0.05) is 31.2 Å². The molecular formula is C13H18N2. The zero-order valence-corrected chi connectivity index (χ0v) is 9.24. The molecule has 0 spiro atoms. The average molecular weight is 202 g/mol. The molecule has 0 unspecified atom stereocenters. The van der Waals surface area contributed by atoms with Crippen molar-refractivity contribution < 1.29 is 0 Å². The van der Waals surface area contributed by atoms with Gasteiger partial charge in [0.15, 0.2) is 0 Å². The summed E-state index contributed by atoms with van der Waals surface area (Å²) >= 11 is 0. The highest BCUT2D eigenvalue weighted by Crippen LogP contribution is 2.24. The fraction of sp³-hybridized carbons (Fsp3) is 0.385. The molecule has 2 heteroatoms. The van der Waals surface area contributed by atoms with E-state index in [0.717, 1.165) is 19.6 Å². The number of rotatable bonds is 4. The highest BCUT2D eigenvalue weighted by molar-refractivity contribution is 5.58. The number of allylic oxidation sites excluding steroid dienone is 1. The van der Waals surface area contributed by atoms with Crippen LogP contribution in [0.4, 0.5) is 5.69 Å². The fourth-order valence-electron chi connectivity index (χ4n) is 1.87. The van der Waals surface area contributed by atoms with Gasteiger partial charge in [0.05, 0.1) is 6.67 Å². The predicted octanol–water partition coefficient (Wildman–Crippen LogP) is 2.52. The quantitative estimate of drug-likeness (QED) is 0.755. The number of hydrogen-bond acceptors (Lipinski definition) is 2. The summed E-state index contributed by atoms with van der Waals surface area (Å²) < 4.78 is 0. The van der Waals surface area contributed by atoms with Gasteiger partial charge in [-0.25, -0.2) is 0 Å². The Morgan fingerprint density at radius 1 is 1.33 bits per heavy atom. The number of anilines is 1. The van der Waals surface area contributed by atoms with Crippen molar-refractivity contribution in [3.8, 4) is 0 Å². The molecule has 2 rings (SSSR count). The van der Waals surface area contributed by atoms with Gasteiger partial charge >= 0.3 is 0 Å². The van der Waals surface area contributed by atoms with Crippen LogP contribution < -0.4 is 10.2 Å². The van der Waals surface area contributed by atoms with Crippen LogP contribution in [0.1, 0.15) is 18.9 Å². The van der Waals surface area contributed by atoms with Gasteiger partial charge in [0.25, 0.3) is 0 Å². The van der Waals surface area contributed by atoms with Crippen LogP contribution in [0.5, 0.6) is 0 Å². The van der Waals surface area contributed by atoms with Crippen LogP contribution >= 0.6 is 0 Å². The topological polar surface area (TPSA) is 15.3 Å². The molecule has 0 aromatic heterocycles. The van der Waals surface area contributed by atoms with Gasteiger partial charge in [0.1, 0.15) is 0 Å². The SMILES string of the molecule is CCCNCN1C=CCc2ccccc21. The Morgan fingerprint density at radius 2 is 2.20 bits per heavy atom. The highest BCUT2D eigenvalue weighted by atomic mass is 15.2. The van der Waals surface area contributed by atoms with Gasteiger partial charge in [-0.3, -0.25) is 5.32 Å². The van der Waals surface area contributed by atoms with E-state index in [-0.39, 0.29) is 0 Å². The van der Waals surface area contributed by atoms with Gasteiger partial charge in [-0.15, -0.1) is 0 Å². The van der Waals surface area contributed by atoms with Gasteiger partial charge in [0, 0.05) is 11.9 Å². The van der Waals surface area contributed by atoms with Crippen molar-refractivity contribution in [2.75, 3.05) is 18.1 Å². The van der Waals surface area contributed by atoms with Crippen LogP contribution in [-0.2, 0) is 6.42 Å². The number of para-hydroxylation sites is 1. The summed E-state index contributed by atoms with van der Waals surface area (Å²) in [5, 5.41) is 3.42. The Balaban J connectivity index is 2.05. The second-order valence-corrected chi connectivity index (χ2v) is 3.85. The van der Waals surface area contributed by atoms with Crippen molar-refractivity contribution in [1.82, 2.24) is 5.32 Å². The van der Waals surface area contributed by atoms with Crippen molar-refractivity contribution in [3.63, 3.8) is 0 Å². The van der Waals surface area contributed by atoms with E-state index in [1.807, 2.05) is 0 Å². The lowest BCUT2D eigenvalue weighted by Gasteiger charge is -2.26. The summed E-state index contributed by atoms with van der Waals surface area (Å²) in [6, 6.07) is 8.60. The maximum atomic E-state index is 3.42. The minimum atomic E-state index is 0.904. The lowest BCUT2D eigenvalue weighted by molar-refractivity contribution is 0.671. The Labute approximate surface area is 91.6 Å². The van der Waals surface area contributed by atoms with E-state index >= 15 is 0 Å². The Kier molecular flexibility index (Phi) is 3.41. The van der Waals surface area contributed by atoms with Crippen LogP contribution in [-0.4, -0.2) is 13.2 Å². The maximum Gasteiger partial charge on any atom is 0.0725 e. The minimum Gasteiger partial charge on any atom is -0.335 e. The summed E-state index contributed by atoms with van der Waals surface area (Å²) in [7, 11) is 0. The van der Waals surface area contributed by atoms with E-state index in [2.05, 4.69) is 53.7 Å².